The molecule has 1 saturated heterocycles. The van der Waals surface area contributed by atoms with E-state index in [-0.39, 0.29) is 18.6 Å². The molecule has 0 spiro atoms. The lowest BCUT2D eigenvalue weighted by Gasteiger charge is -2.36. The van der Waals surface area contributed by atoms with Gasteiger partial charge in [-0.15, -0.1) is 0 Å². The van der Waals surface area contributed by atoms with Crippen LogP contribution in [0.1, 0.15) is 33.2 Å². The molecule has 2 heterocycles. The predicted molar refractivity (Wildman–Crippen MR) is 132 cm³/mol. The summed E-state index contributed by atoms with van der Waals surface area (Å²) in [4.78, 5) is 20.7. The monoisotopic (exact) mass is 537 g/mol. The van der Waals surface area contributed by atoms with Crippen LogP contribution < -0.4 is 0 Å². The average Bonchev–Trinajstić information content (AvgIpc) is 2.87. The summed E-state index contributed by atoms with van der Waals surface area (Å²) in [5, 5.41) is 0.935. The number of alkyl halides is 3. The van der Waals surface area contributed by atoms with E-state index in [4.69, 9.17) is 27.9 Å². The van der Waals surface area contributed by atoms with Crippen molar-refractivity contribution >= 4 is 29.1 Å². The van der Waals surface area contributed by atoms with E-state index in [1.807, 2.05) is 12.1 Å². The van der Waals surface area contributed by atoms with Crippen LogP contribution in [0.5, 0.6) is 0 Å². The second kappa shape index (κ2) is 11.6. The predicted octanol–water partition coefficient (Wildman–Crippen LogP) is 6.12. The topological polar surface area (TPSA) is 45.7 Å². The normalized spacial score (nSPS) is 15.6. The molecule has 1 atom stereocenters. The van der Waals surface area contributed by atoms with Gasteiger partial charge in [-0.2, -0.15) is 13.2 Å². The van der Waals surface area contributed by atoms with Crippen molar-refractivity contribution in [1.82, 2.24) is 14.8 Å². The molecule has 36 heavy (non-hydrogen) atoms. The Morgan fingerprint density at radius 2 is 1.61 bits per heavy atom. The fourth-order valence-corrected chi connectivity index (χ4v) is 4.21. The largest absolute Gasteiger partial charge is 0.416 e. The number of aromatic nitrogens is 1. The summed E-state index contributed by atoms with van der Waals surface area (Å²) in [7, 11) is 0. The number of ether oxygens (including phenoxy) is 1. The Hall–Kier alpha value is -2.65. The molecule has 0 unspecified atom stereocenters. The maximum absolute atomic E-state index is 12.9. The van der Waals surface area contributed by atoms with Crippen molar-refractivity contribution in [3.63, 3.8) is 0 Å². The molecule has 2 aromatic carbocycles. The zero-order chi connectivity index (χ0) is 25.7. The van der Waals surface area contributed by atoms with Crippen LogP contribution in [0.2, 0.25) is 10.2 Å². The first-order valence-electron chi connectivity index (χ1n) is 11.4. The van der Waals surface area contributed by atoms with Crippen LogP contribution in [0.3, 0.4) is 0 Å². The van der Waals surface area contributed by atoms with Gasteiger partial charge in [0.1, 0.15) is 5.15 Å². The zero-order valence-electron chi connectivity index (χ0n) is 19.2. The SMILES string of the molecule is O=C(c1ccc(Cl)nc1)N1CCN(C[C@@H](OCc2ccc(C(F)(F)F)cc2)c2ccc(Cl)cc2)CC1. The highest BCUT2D eigenvalue weighted by Crippen LogP contribution is 2.30. The summed E-state index contributed by atoms with van der Waals surface area (Å²) in [6.07, 6.45) is -3.23. The van der Waals surface area contributed by atoms with Gasteiger partial charge in [-0.25, -0.2) is 4.98 Å². The van der Waals surface area contributed by atoms with Crippen LogP contribution in [0.25, 0.3) is 0 Å². The molecule has 1 aliphatic heterocycles. The summed E-state index contributed by atoms with van der Waals surface area (Å²) < 4.78 is 44.7. The minimum Gasteiger partial charge on any atom is -0.368 e. The van der Waals surface area contributed by atoms with Gasteiger partial charge in [0, 0.05) is 43.9 Å². The number of benzene rings is 2. The van der Waals surface area contributed by atoms with Crippen molar-refractivity contribution in [2.45, 2.75) is 18.9 Å². The Morgan fingerprint density at radius 3 is 2.19 bits per heavy atom. The Bertz CT molecular complexity index is 1150. The molecule has 1 amide bonds. The Labute approximate surface area is 217 Å². The van der Waals surface area contributed by atoms with Crippen LogP contribution in [0, 0.1) is 0 Å². The third-order valence-corrected chi connectivity index (χ3v) is 6.51. The second-order valence-corrected chi connectivity index (χ2v) is 9.33. The fraction of sp³-hybridized carbons (Fsp3) is 0.308. The van der Waals surface area contributed by atoms with E-state index in [1.54, 1.807) is 29.2 Å². The zero-order valence-corrected chi connectivity index (χ0v) is 20.7. The first kappa shape index (κ1) is 26.4. The van der Waals surface area contributed by atoms with Crippen LogP contribution in [0.4, 0.5) is 13.2 Å². The number of pyridine rings is 1. The molecule has 1 fully saturated rings. The summed E-state index contributed by atoms with van der Waals surface area (Å²) in [5.74, 6) is -0.0911. The Morgan fingerprint density at radius 1 is 0.944 bits per heavy atom. The van der Waals surface area contributed by atoms with Crippen molar-refractivity contribution in [3.05, 3.63) is 99.3 Å². The summed E-state index contributed by atoms with van der Waals surface area (Å²) in [5.41, 5.74) is 1.36. The number of rotatable bonds is 7. The van der Waals surface area contributed by atoms with Crippen LogP contribution >= 0.6 is 23.2 Å². The van der Waals surface area contributed by atoms with E-state index in [0.717, 1.165) is 17.7 Å². The van der Waals surface area contributed by atoms with Crippen LogP contribution in [-0.4, -0.2) is 53.4 Å². The van der Waals surface area contributed by atoms with E-state index >= 15 is 0 Å². The lowest BCUT2D eigenvalue weighted by molar-refractivity contribution is -0.137. The molecule has 0 radical (unpaired) electrons. The van der Waals surface area contributed by atoms with Gasteiger partial charge in [0.25, 0.3) is 5.91 Å². The van der Waals surface area contributed by atoms with Gasteiger partial charge < -0.3 is 9.64 Å². The molecule has 0 N–H and O–H groups in total. The Balaban J connectivity index is 1.38. The number of carbonyl (C=O) groups excluding carboxylic acids is 1. The van der Waals surface area contributed by atoms with E-state index in [1.165, 1.54) is 18.3 Å². The molecular weight excluding hydrogens is 514 g/mol. The van der Waals surface area contributed by atoms with E-state index in [2.05, 4.69) is 9.88 Å². The van der Waals surface area contributed by atoms with Gasteiger partial charge in [0.15, 0.2) is 0 Å². The molecule has 0 bridgehead atoms. The number of piperazine rings is 1. The number of hydrogen-bond acceptors (Lipinski definition) is 4. The summed E-state index contributed by atoms with van der Waals surface area (Å²) >= 11 is 11.9. The highest BCUT2D eigenvalue weighted by Gasteiger charge is 2.30. The third-order valence-electron chi connectivity index (χ3n) is 6.03. The quantitative estimate of drug-likeness (QED) is 0.340. The van der Waals surface area contributed by atoms with Crippen LogP contribution in [0.15, 0.2) is 66.9 Å². The van der Waals surface area contributed by atoms with Crippen molar-refractivity contribution in [3.8, 4) is 0 Å². The van der Waals surface area contributed by atoms with Gasteiger partial charge in [-0.1, -0.05) is 47.5 Å². The maximum atomic E-state index is 12.9. The smallest absolute Gasteiger partial charge is 0.368 e. The maximum Gasteiger partial charge on any atom is 0.416 e. The van der Waals surface area contributed by atoms with Gasteiger partial charge in [-0.3, -0.25) is 9.69 Å². The molecule has 5 nitrogen and oxygen atoms in total. The number of carbonyl (C=O) groups is 1. The Kier molecular flexibility index (Phi) is 8.51. The van der Waals surface area contributed by atoms with E-state index < -0.39 is 11.7 Å². The van der Waals surface area contributed by atoms with Crippen LogP contribution in [-0.2, 0) is 17.5 Å². The van der Waals surface area contributed by atoms with Gasteiger partial charge >= 0.3 is 6.18 Å². The highest BCUT2D eigenvalue weighted by molar-refractivity contribution is 6.30. The molecule has 0 saturated carbocycles. The number of nitrogens with zero attached hydrogens (tertiary/aromatic N) is 3. The van der Waals surface area contributed by atoms with Gasteiger partial charge in [-0.05, 0) is 47.5 Å². The van der Waals surface area contributed by atoms with Gasteiger partial charge in [0.05, 0.1) is 23.8 Å². The minimum atomic E-state index is -4.38. The second-order valence-electron chi connectivity index (χ2n) is 8.51. The number of hydrogen-bond donors (Lipinski definition) is 0. The van der Waals surface area contributed by atoms with Crippen molar-refractivity contribution < 1.29 is 22.7 Å². The average molecular weight is 538 g/mol. The van der Waals surface area contributed by atoms with Crippen molar-refractivity contribution in [2.24, 2.45) is 0 Å². The minimum absolute atomic E-state index is 0.0911. The first-order valence-corrected chi connectivity index (χ1v) is 12.1. The molecule has 1 aliphatic rings. The lowest BCUT2D eigenvalue weighted by atomic mass is 10.1. The number of amides is 1. The van der Waals surface area contributed by atoms with Gasteiger partial charge in [0.2, 0.25) is 0 Å². The highest BCUT2D eigenvalue weighted by atomic mass is 35.5. The van der Waals surface area contributed by atoms with E-state index in [0.29, 0.717) is 54.0 Å². The molecular formula is C26H24Cl2F3N3O2. The lowest BCUT2D eigenvalue weighted by Crippen LogP contribution is -2.49. The first-order chi connectivity index (χ1) is 17.2. The fourth-order valence-electron chi connectivity index (χ4n) is 3.97. The molecule has 10 heteroatoms. The van der Waals surface area contributed by atoms with E-state index in [9.17, 15) is 18.0 Å². The molecule has 190 valence electrons. The van der Waals surface area contributed by atoms with Crippen molar-refractivity contribution in [2.75, 3.05) is 32.7 Å². The molecule has 4 rings (SSSR count). The molecule has 3 aromatic rings. The molecule has 1 aromatic heterocycles. The number of halogens is 5. The molecule has 0 aliphatic carbocycles. The standard InChI is InChI=1S/C26H24Cl2F3N3O2/c27-22-8-3-19(4-9-22)23(36-17-18-1-6-21(7-2-18)26(29,30)31)16-33-11-13-34(14-12-33)25(35)20-5-10-24(28)32-15-20/h1-10,15,23H,11-14,16-17H2/t23-/m1/s1. The van der Waals surface area contributed by atoms with Crippen molar-refractivity contribution in [1.29, 1.82) is 0 Å². The summed E-state index contributed by atoms with van der Waals surface area (Å²) in [6, 6.07) is 15.6. The summed E-state index contributed by atoms with van der Waals surface area (Å²) in [6.45, 7) is 3.13. The third kappa shape index (κ3) is 6.97.